The van der Waals surface area contributed by atoms with E-state index in [1.807, 2.05) is 6.92 Å². The summed E-state index contributed by atoms with van der Waals surface area (Å²) in [6, 6.07) is 3.45. The molecule has 0 saturated carbocycles. The molecule has 15 heavy (non-hydrogen) atoms. The van der Waals surface area contributed by atoms with Gasteiger partial charge in [-0.05, 0) is 31.5 Å². The van der Waals surface area contributed by atoms with Crippen LogP contribution in [-0.4, -0.2) is 11.0 Å². The van der Waals surface area contributed by atoms with Crippen molar-refractivity contribution in [3.05, 3.63) is 28.3 Å². The average Bonchev–Trinajstić information content (AvgIpc) is 2.43. The number of carbonyl (C=O) groups is 1. The summed E-state index contributed by atoms with van der Waals surface area (Å²) in [5.41, 5.74) is 2.26. The molecule has 2 unspecified atom stereocenters. The van der Waals surface area contributed by atoms with Crippen LogP contribution in [0.25, 0.3) is 0 Å². The van der Waals surface area contributed by atoms with Gasteiger partial charge in [-0.25, -0.2) is 0 Å². The van der Waals surface area contributed by atoms with Crippen LogP contribution in [0.15, 0.2) is 12.1 Å². The first kappa shape index (κ1) is 10.5. The van der Waals surface area contributed by atoms with Crippen LogP contribution in [0.2, 0.25) is 5.02 Å². The van der Waals surface area contributed by atoms with Gasteiger partial charge in [-0.2, -0.15) is 0 Å². The Labute approximate surface area is 93.1 Å². The fourth-order valence-electron chi connectivity index (χ4n) is 1.84. The number of anilines is 1. The van der Waals surface area contributed by atoms with Crippen molar-refractivity contribution in [3.8, 4) is 0 Å². The lowest BCUT2D eigenvalue weighted by molar-refractivity contribution is -0.116. The van der Waals surface area contributed by atoms with E-state index in [1.165, 1.54) is 0 Å². The summed E-state index contributed by atoms with van der Waals surface area (Å²) in [6.07, 6.45) is -0.636. The standard InChI is InChI=1S/C11H12ClNO2/c1-5-8-3-7(12)4-9(6(2)14)10(8)13-11(5)15/h3-6,14H,1-2H3,(H,13,15). The van der Waals surface area contributed by atoms with E-state index in [4.69, 9.17) is 11.6 Å². The molecule has 80 valence electrons. The van der Waals surface area contributed by atoms with E-state index in [9.17, 15) is 9.90 Å². The van der Waals surface area contributed by atoms with Crippen molar-refractivity contribution >= 4 is 23.2 Å². The highest BCUT2D eigenvalue weighted by Gasteiger charge is 2.29. The minimum atomic E-state index is -0.636. The maximum atomic E-state index is 11.5. The van der Waals surface area contributed by atoms with Gasteiger partial charge in [0.05, 0.1) is 17.7 Å². The molecule has 1 aromatic carbocycles. The zero-order valence-electron chi connectivity index (χ0n) is 8.54. The van der Waals surface area contributed by atoms with Crippen molar-refractivity contribution in [1.82, 2.24) is 0 Å². The minimum Gasteiger partial charge on any atom is -0.389 e. The molecule has 3 nitrogen and oxygen atoms in total. The number of nitrogens with one attached hydrogen (secondary N) is 1. The largest absolute Gasteiger partial charge is 0.389 e. The van der Waals surface area contributed by atoms with E-state index in [0.717, 1.165) is 5.56 Å². The second-order valence-corrected chi connectivity index (χ2v) is 4.28. The van der Waals surface area contributed by atoms with E-state index in [1.54, 1.807) is 19.1 Å². The molecule has 1 amide bonds. The van der Waals surface area contributed by atoms with E-state index in [2.05, 4.69) is 5.32 Å². The van der Waals surface area contributed by atoms with Crippen LogP contribution in [0, 0.1) is 0 Å². The molecule has 2 rings (SSSR count). The molecule has 0 radical (unpaired) electrons. The van der Waals surface area contributed by atoms with E-state index in [0.29, 0.717) is 16.3 Å². The second-order valence-electron chi connectivity index (χ2n) is 3.85. The van der Waals surface area contributed by atoms with Crippen molar-refractivity contribution in [2.45, 2.75) is 25.9 Å². The summed E-state index contributed by atoms with van der Waals surface area (Å²) in [4.78, 5) is 11.5. The quantitative estimate of drug-likeness (QED) is 0.771. The molecule has 0 spiro atoms. The number of amides is 1. The molecule has 0 bridgehead atoms. The number of hydrogen-bond donors (Lipinski definition) is 2. The molecule has 0 aliphatic carbocycles. The zero-order chi connectivity index (χ0) is 11.2. The normalized spacial score (nSPS) is 21.1. The van der Waals surface area contributed by atoms with Crippen LogP contribution in [0.3, 0.4) is 0 Å². The van der Waals surface area contributed by atoms with Crippen molar-refractivity contribution in [2.75, 3.05) is 5.32 Å². The van der Waals surface area contributed by atoms with E-state index in [-0.39, 0.29) is 11.8 Å². The monoisotopic (exact) mass is 225 g/mol. The lowest BCUT2D eigenvalue weighted by Gasteiger charge is -2.11. The summed E-state index contributed by atoms with van der Waals surface area (Å²) in [7, 11) is 0. The number of aliphatic hydroxyl groups is 1. The Morgan fingerprint density at radius 3 is 2.80 bits per heavy atom. The smallest absolute Gasteiger partial charge is 0.231 e. The predicted octanol–water partition coefficient (Wildman–Crippen LogP) is 2.45. The van der Waals surface area contributed by atoms with Crippen LogP contribution >= 0.6 is 11.6 Å². The molecule has 2 N–H and O–H groups in total. The molecule has 1 aromatic rings. The average molecular weight is 226 g/mol. The molecule has 4 heteroatoms. The highest BCUT2D eigenvalue weighted by Crippen LogP contribution is 2.39. The highest BCUT2D eigenvalue weighted by atomic mass is 35.5. The van der Waals surface area contributed by atoms with Gasteiger partial charge in [-0.15, -0.1) is 0 Å². The molecule has 0 aromatic heterocycles. The van der Waals surface area contributed by atoms with Gasteiger partial charge in [0.1, 0.15) is 0 Å². The third-order valence-corrected chi connectivity index (χ3v) is 2.94. The molecular formula is C11H12ClNO2. The van der Waals surface area contributed by atoms with Gasteiger partial charge in [-0.3, -0.25) is 4.79 Å². The maximum Gasteiger partial charge on any atom is 0.231 e. The number of rotatable bonds is 1. The fourth-order valence-corrected chi connectivity index (χ4v) is 2.07. The Balaban J connectivity index is 2.62. The first-order valence-electron chi connectivity index (χ1n) is 4.83. The van der Waals surface area contributed by atoms with Crippen molar-refractivity contribution in [2.24, 2.45) is 0 Å². The number of halogens is 1. The van der Waals surface area contributed by atoms with Crippen LogP contribution < -0.4 is 5.32 Å². The molecule has 1 aliphatic rings. The third-order valence-electron chi connectivity index (χ3n) is 2.72. The maximum absolute atomic E-state index is 11.5. The first-order valence-corrected chi connectivity index (χ1v) is 5.20. The Hall–Kier alpha value is -1.06. The topological polar surface area (TPSA) is 49.3 Å². The number of fused-ring (bicyclic) bond motifs is 1. The Morgan fingerprint density at radius 1 is 1.53 bits per heavy atom. The predicted molar refractivity (Wildman–Crippen MR) is 59.1 cm³/mol. The van der Waals surface area contributed by atoms with E-state index < -0.39 is 6.10 Å². The number of benzene rings is 1. The number of aliphatic hydroxyl groups excluding tert-OH is 1. The van der Waals surface area contributed by atoms with E-state index >= 15 is 0 Å². The first-order chi connectivity index (χ1) is 7.00. The van der Waals surface area contributed by atoms with Crippen molar-refractivity contribution in [1.29, 1.82) is 0 Å². The Morgan fingerprint density at radius 2 is 2.20 bits per heavy atom. The van der Waals surface area contributed by atoms with Crippen molar-refractivity contribution < 1.29 is 9.90 Å². The molecule has 1 aliphatic heterocycles. The molecular weight excluding hydrogens is 214 g/mol. The lowest BCUT2D eigenvalue weighted by atomic mass is 9.98. The van der Waals surface area contributed by atoms with Gasteiger partial charge < -0.3 is 10.4 Å². The fraction of sp³-hybridized carbons (Fsp3) is 0.364. The van der Waals surface area contributed by atoms with Gasteiger partial charge >= 0.3 is 0 Å². The summed E-state index contributed by atoms with van der Waals surface area (Å²) in [5.74, 6) is -0.245. The van der Waals surface area contributed by atoms with Gasteiger partial charge in [0.25, 0.3) is 0 Å². The van der Waals surface area contributed by atoms with Gasteiger partial charge in [-0.1, -0.05) is 11.6 Å². The summed E-state index contributed by atoms with van der Waals surface area (Å²) >= 11 is 5.94. The Bertz CT molecular complexity index is 429. The summed E-state index contributed by atoms with van der Waals surface area (Å²) in [5, 5.41) is 12.9. The summed E-state index contributed by atoms with van der Waals surface area (Å²) in [6.45, 7) is 3.48. The molecule has 2 atom stereocenters. The van der Waals surface area contributed by atoms with Gasteiger partial charge in [0, 0.05) is 10.6 Å². The van der Waals surface area contributed by atoms with Crippen LogP contribution in [0.5, 0.6) is 0 Å². The van der Waals surface area contributed by atoms with Crippen LogP contribution in [0.1, 0.15) is 37.0 Å². The minimum absolute atomic E-state index is 0.0471. The number of hydrogen-bond acceptors (Lipinski definition) is 2. The van der Waals surface area contributed by atoms with Gasteiger partial charge in [0.2, 0.25) is 5.91 Å². The highest BCUT2D eigenvalue weighted by molar-refractivity contribution is 6.31. The molecule has 0 fully saturated rings. The SMILES string of the molecule is CC(O)c1cc(Cl)cc2c1NC(=O)C2C. The van der Waals surface area contributed by atoms with Crippen LogP contribution in [-0.2, 0) is 4.79 Å². The lowest BCUT2D eigenvalue weighted by Crippen LogP contribution is -2.09. The Kier molecular flexibility index (Phi) is 2.44. The second kappa shape index (κ2) is 3.51. The number of carbonyl (C=O) groups excluding carboxylic acids is 1. The zero-order valence-corrected chi connectivity index (χ0v) is 9.30. The third kappa shape index (κ3) is 1.62. The van der Waals surface area contributed by atoms with Crippen molar-refractivity contribution in [3.63, 3.8) is 0 Å². The molecule has 1 heterocycles. The van der Waals surface area contributed by atoms with Crippen LogP contribution in [0.4, 0.5) is 5.69 Å². The molecule has 0 saturated heterocycles. The summed E-state index contributed by atoms with van der Waals surface area (Å²) < 4.78 is 0. The van der Waals surface area contributed by atoms with Gasteiger partial charge in [0.15, 0.2) is 0 Å².